The zero-order chi connectivity index (χ0) is 19.9. The normalized spacial score (nSPS) is 27.5. The summed E-state index contributed by atoms with van der Waals surface area (Å²) in [6.45, 7) is 9.10. The van der Waals surface area contributed by atoms with Gasteiger partial charge < -0.3 is 15.5 Å². The quantitative estimate of drug-likeness (QED) is 0.235. The molecule has 166 valence electrons. The summed E-state index contributed by atoms with van der Waals surface area (Å²) >= 11 is 0. The van der Waals surface area contributed by atoms with Gasteiger partial charge in [-0.25, -0.2) is 0 Å². The summed E-state index contributed by atoms with van der Waals surface area (Å²) in [6.07, 6.45) is 0.125. The van der Waals surface area contributed by atoms with Crippen molar-refractivity contribution in [2.45, 2.75) is 51.7 Å². The monoisotopic (exact) mass is 519 g/mol. The van der Waals surface area contributed by atoms with E-state index in [2.05, 4.69) is 34.4 Å². The van der Waals surface area contributed by atoms with Crippen LogP contribution >= 0.6 is 24.0 Å². The van der Waals surface area contributed by atoms with Crippen molar-refractivity contribution in [3.05, 3.63) is 0 Å². The molecule has 2 N–H and O–H groups in total. The largest absolute Gasteiger partial charge is 0.401 e. The van der Waals surface area contributed by atoms with E-state index in [0.29, 0.717) is 25.5 Å². The molecule has 0 bridgehead atoms. The second kappa shape index (κ2) is 12.4. The number of hydrogen-bond acceptors (Lipinski definition) is 3. The van der Waals surface area contributed by atoms with Crippen molar-refractivity contribution in [3.8, 4) is 0 Å². The Bertz CT molecular complexity index is 465. The third kappa shape index (κ3) is 9.96. The lowest BCUT2D eigenvalue weighted by molar-refractivity contribution is -0.143. The van der Waals surface area contributed by atoms with Crippen LogP contribution in [0, 0.1) is 11.8 Å². The second-order valence-corrected chi connectivity index (χ2v) is 8.39. The molecule has 2 heterocycles. The van der Waals surface area contributed by atoms with E-state index in [1.54, 1.807) is 7.05 Å². The molecule has 0 spiro atoms. The summed E-state index contributed by atoms with van der Waals surface area (Å²) in [4.78, 5) is 8.22. The van der Waals surface area contributed by atoms with Gasteiger partial charge in [-0.05, 0) is 44.1 Å². The fourth-order valence-corrected chi connectivity index (χ4v) is 4.38. The molecule has 28 heavy (non-hydrogen) atoms. The summed E-state index contributed by atoms with van der Waals surface area (Å²) in [5.41, 5.74) is 0. The molecule has 0 aromatic carbocycles. The summed E-state index contributed by atoms with van der Waals surface area (Å²) in [5.74, 6) is 2.27. The van der Waals surface area contributed by atoms with Crippen molar-refractivity contribution < 1.29 is 13.2 Å². The zero-order valence-electron chi connectivity index (χ0n) is 17.4. The van der Waals surface area contributed by atoms with Crippen molar-refractivity contribution >= 4 is 29.9 Å². The maximum absolute atomic E-state index is 12.5. The number of guanidine groups is 1. The molecule has 9 heteroatoms. The van der Waals surface area contributed by atoms with Crippen LogP contribution < -0.4 is 10.6 Å². The summed E-state index contributed by atoms with van der Waals surface area (Å²) < 4.78 is 37.4. The summed E-state index contributed by atoms with van der Waals surface area (Å²) in [5, 5.41) is 6.55. The Morgan fingerprint density at radius 3 is 2.36 bits per heavy atom. The minimum atomic E-state index is -4.13. The van der Waals surface area contributed by atoms with Crippen LogP contribution in [-0.4, -0.2) is 80.8 Å². The molecule has 0 aliphatic carbocycles. The molecule has 2 aliphatic heterocycles. The van der Waals surface area contributed by atoms with Gasteiger partial charge in [-0.2, -0.15) is 13.2 Å². The number of likely N-dealkylation sites (tertiary alicyclic amines) is 2. The number of rotatable bonds is 7. The van der Waals surface area contributed by atoms with Gasteiger partial charge in [0.25, 0.3) is 0 Å². The highest BCUT2D eigenvalue weighted by Crippen LogP contribution is 2.21. The van der Waals surface area contributed by atoms with E-state index < -0.39 is 12.7 Å². The third-order valence-corrected chi connectivity index (χ3v) is 5.38. The number of nitrogens with one attached hydrogen (secondary N) is 2. The topological polar surface area (TPSA) is 42.9 Å². The molecule has 0 radical (unpaired) electrons. The Morgan fingerprint density at radius 1 is 1.07 bits per heavy atom. The molecular formula is C19H37F3IN5. The highest BCUT2D eigenvalue weighted by Gasteiger charge is 2.34. The van der Waals surface area contributed by atoms with Crippen molar-refractivity contribution in [2.24, 2.45) is 16.8 Å². The first kappa shape index (κ1) is 25.7. The van der Waals surface area contributed by atoms with Gasteiger partial charge in [0.2, 0.25) is 0 Å². The van der Waals surface area contributed by atoms with Gasteiger partial charge >= 0.3 is 6.18 Å². The maximum Gasteiger partial charge on any atom is 0.401 e. The number of nitrogens with zero attached hydrogens (tertiary/aromatic N) is 3. The molecule has 0 aromatic heterocycles. The van der Waals surface area contributed by atoms with Gasteiger partial charge in [0.15, 0.2) is 5.96 Å². The fourth-order valence-electron chi connectivity index (χ4n) is 4.38. The van der Waals surface area contributed by atoms with Crippen molar-refractivity contribution in [3.63, 3.8) is 0 Å². The molecule has 0 amide bonds. The lowest BCUT2D eigenvalue weighted by atomic mass is 9.92. The van der Waals surface area contributed by atoms with E-state index in [1.807, 2.05) is 0 Å². The highest BCUT2D eigenvalue weighted by molar-refractivity contribution is 14.0. The fraction of sp³-hybridized carbons (Fsp3) is 0.947. The van der Waals surface area contributed by atoms with Gasteiger partial charge in [-0.3, -0.25) is 9.89 Å². The van der Waals surface area contributed by atoms with Gasteiger partial charge in [0.1, 0.15) is 0 Å². The predicted molar refractivity (Wildman–Crippen MR) is 119 cm³/mol. The van der Waals surface area contributed by atoms with Crippen LogP contribution in [0.4, 0.5) is 13.2 Å². The number of alkyl halides is 3. The number of piperidine rings is 1. The van der Waals surface area contributed by atoms with Crippen LogP contribution in [0.5, 0.6) is 0 Å². The average molecular weight is 519 g/mol. The van der Waals surface area contributed by atoms with E-state index in [9.17, 15) is 13.2 Å². The Kier molecular flexibility index (Phi) is 11.4. The van der Waals surface area contributed by atoms with Crippen molar-refractivity contribution in [2.75, 3.05) is 52.9 Å². The molecule has 5 nitrogen and oxygen atoms in total. The minimum Gasteiger partial charge on any atom is -0.356 e. The molecule has 3 unspecified atom stereocenters. The molecule has 2 saturated heterocycles. The van der Waals surface area contributed by atoms with Gasteiger partial charge in [-0.15, -0.1) is 24.0 Å². The van der Waals surface area contributed by atoms with E-state index in [-0.39, 0.29) is 30.0 Å². The second-order valence-electron chi connectivity index (χ2n) is 8.39. The van der Waals surface area contributed by atoms with Crippen LogP contribution in [0.15, 0.2) is 4.99 Å². The number of halogens is 4. The predicted octanol–water partition coefficient (Wildman–Crippen LogP) is 3.16. The maximum atomic E-state index is 12.5. The SMILES string of the molecule is CN=C(NCCCCN1CC(C)CC(C)C1)NC1CCN(CC(F)(F)F)C1.I. The Balaban J connectivity index is 0.00000392. The molecule has 3 atom stereocenters. The highest BCUT2D eigenvalue weighted by atomic mass is 127. The zero-order valence-corrected chi connectivity index (χ0v) is 19.7. The van der Waals surface area contributed by atoms with Gasteiger partial charge in [-0.1, -0.05) is 13.8 Å². The van der Waals surface area contributed by atoms with E-state index in [4.69, 9.17) is 0 Å². The van der Waals surface area contributed by atoms with Crippen molar-refractivity contribution in [1.82, 2.24) is 20.4 Å². The molecule has 0 saturated carbocycles. The van der Waals surface area contributed by atoms with Gasteiger partial charge in [0, 0.05) is 45.8 Å². The number of unbranched alkanes of at least 4 members (excludes halogenated alkanes) is 1. The van der Waals surface area contributed by atoms with Crippen LogP contribution in [0.25, 0.3) is 0 Å². The number of aliphatic imine (C=N–C) groups is 1. The Hall–Kier alpha value is -0.290. The van der Waals surface area contributed by atoms with Gasteiger partial charge in [0.05, 0.1) is 6.54 Å². The first-order chi connectivity index (χ1) is 12.7. The number of hydrogen-bond donors (Lipinski definition) is 2. The molecule has 2 aliphatic rings. The average Bonchev–Trinajstić information content (AvgIpc) is 2.97. The van der Waals surface area contributed by atoms with Crippen LogP contribution in [0.3, 0.4) is 0 Å². The third-order valence-electron chi connectivity index (χ3n) is 5.38. The minimum absolute atomic E-state index is 0. The first-order valence-electron chi connectivity index (χ1n) is 10.2. The van der Waals surface area contributed by atoms with Crippen LogP contribution in [0.1, 0.15) is 39.5 Å². The molecular weight excluding hydrogens is 482 g/mol. The van der Waals surface area contributed by atoms with Crippen molar-refractivity contribution in [1.29, 1.82) is 0 Å². The first-order valence-corrected chi connectivity index (χ1v) is 10.2. The van der Waals surface area contributed by atoms with Crippen LogP contribution in [-0.2, 0) is 0 Å². The van der Waals surface area contributed by atoms with E-state index >= 15 is 0 Å². The van der Waals surface area contributed by atoms with E-state index in [0.717, 1.165) is 37.8 Å². The Morgan fingerprint density at radius 2 is 1.75 bits per heavy atom. The summed E-state index contributed by atoms with van der Waals surface area (Å²) in [6, 6.07) is 0.0230. The molecule has 2 fully saturated rings. The Labute approximate surface area is 184 Å². The lowest BCUT2D eigenvalue weighted by Gasteiger charge is -2.34. The van der Waals surface area contributed by atoms with Crippen LogP contribution in [0.2, 0.25) is 0 Å². The van der Waals surface area contributed by atoms with E-state index in [1.165, 1.54) is 24.4 Å². The summed E-state index contributed by atoms with van der Waals surface area (Å²) in [7, 11) is 1.70. The molecule has 0 aromatic rings. The molecule has 2 rings (SSSR count). The lowest BCUT2D eigenvalue weighted by Crippen LogP contribution is -2.45. The smallest absolute Gasteiger partial charge is 0.356 e. The standard InChI is InChI=1S/C19H36F3N5.HI/c1-15-10-16(2)12-26(11-15)8-5-4-7-24-18(23-3)25-17-6-9-27(13-17)14-19(20,21)22;/h15-17H,4-14H2,1-3H3,(H2,23,24,25);1H.